The van der Waals surface area contributed by atoms with Gasteiger partial charge < -0.3 is 9.64 Å². The molecule has 3 rings (SSSR count). The number of ether oxygens (including phenoxy) is 1. The summed E-state index contributed by atoms with van der Waals surface area (Å²) < 4.78 is 5.48. The largest absolute Gasteiger partial charge is 0.497 e. The van der Waals surface area contributed by atoms with E-state index in [-0.39, 0.29) is 0 Å². The van der Waals surface area contributed by atoms with Gasteiger partial charge in [0, 0.05) is 6.04 Å². The first-order valence-corrected chi connectivity index (χ1v) is 9.08. The van der Waals surface area contributed by atoms with E-state index in [1.807, 2.05) is 0 Å². The second-order valence-electron chi connectivity index (χ2n) is 7.32. The molecule has 118 valence electrons. The first-order chi connectivity index (χ1) is 10.7. The second kappa shape index (κ2) is 6.70. The summed E-state index contributed by atoms with van der Waals surface area (Å²) >= 11 is 0. The van der Waals surface area contributed by atoms with E-state index in [9.17, 15) is 0 Å². The fourth-order valence-corrected chi connectivity index (χ4v) is 4.96. The Morgan fingerprint density at radius 1 is 1.27 bits per heavy atom. The molecule has 2 aliphatic rings. The molecule has 2 unspecified atom stereocenters. The van der Waals surface area contributed by atoms with Crippen LogP contribution in [-0.2, 0) is 6.42 Å². The molecule has 1 aromatic rings. The fourth-order valence-electron chi connectivity index (χ4n) is 4.96. The van der Waals surface area contributed by atoms with Gasteiger partial charge in [-0.05, 0) is 66.7 Å². The van der Waals surface area contributed by atoms with Crippen LogP contribution in [0.25, 0.3) is 0 Å². The van der Waals surface area contributed by atoms with Gasteiger partial charge in [-0.1, -0.05) is 25.8 Å². The van der Waals surface area contributed by atoms with Crippen LogP contribution in [0.2, 0.25) is 0 Å². The average Bonchev–Trinajstić information content (AvgIpc) is 2.55. The molecule has 0 heterocycles. The van der Waals surface area contributed by atoms with E-state index in [4.69, 9.17) is 4.74 Å². The van der Waals surface area contributed by atoms with Crippen LogP contribution in [0.4, 0.5) is 0 Å². The van der Waals surface area contributed by atoms with Crippen LogP contribution in [0.1, 0.15) is 49.7 Å². The molecule has 2 nitrogen and oxygen atoms in total. The summed E-state index contributed by atoms with van der Waals surface area (Å²) in [6.45, 7) is 3.48. The summed E-state index contributed by atoms with van der Waals surface area (Å²) in [6, 6.07) is 7.50. The zero-order chi connectivity index (χ0) is 15.7. The third-order valence-corrected chi connectivity index (χ3v) is 5.95. The molecule has 0 bridgehead atoms. The zero-order valence-corrected chi connectivity index (χ0v) is 14.6. The number of fused-ring (bicyclic) bond motifs is 3. The minimum absolute atomic E-state index is 0.636. The summed E-state index contributed by atoms with van der Waals surface area (Å²) in [4.78, 5) is 2.73. The van der Waals surface area contributed by atoms with Crippen LogP contribution in [0.3, 0.4) is 0 Å². The maximum Gasteiger partial charge on any atom is 0.119 e. The van der Waals surface area contributed by atoms with Crippen molar-refractivity contribution >= 4 is 15.7 Å². The normalized spacial score (nSPS) is 27.5. The van der Waals surface area contributed by atoms with Crippen molar-refractivity contribution < 1.29 is 4.74 Å². The highest BCUT2D eigenvalue weighted by molar-refractivity contribution is 6.35. The Kier molecular flexibility index (Phi) is 4.87. The molecule has 0 radical (unpaired) electrons. The standard InChI is InChI=1S/C18H29B2NO/c1-3-21(18(19)20)17-10-12-8-9-13(22-2)11-16(12)14-6-4-5-7-15(14)17/h8-9,11,14-15,17-18H,3-7,10,19-20H2,1-2H3/t14?,15?,17-/m0/s1. The molecule has 3 atom stereocenters. The highest BCUT2D eigenvalue weighted by atomic mass is 16.5. The lowest BCUT2D eigenvalue weighted by molar-refractivity contribution is 0.104. The van der Waals surface area contributed by atoms with Gasteiger partial charge in [-0.2, -0.15) is 0 Å². The number of hydrogen-bond acceptors (Lipinski definition) is 2. The van der Waals surface area contributed by atoms with Gasteiger partial charge in [0.15, 0.2) is 0 Å². The highest BCUT2D eigenvalue weighted by Gasteiger charge is 2.40. The number of rotatable bonds is 4. The SMILES string of the molecule is BC(B)N(CC)[C@H]1Cc2ccc(OC)cc2C2CCCCC21. The smallest absolute Gasteiger partial charge is 0.119 e. The van der Waals surface area contributed by atoms with Crippen molar-refractivity contribution in [3.05, 3.63) is 29.3 Å². The van der Waals surface area contributed by atoms with Crippen LogP contribution in [0.15, 0.2) is 18.2 Å². The first kappa shape index (κ1) is 16.0. The van der Waals surface area contributed by atoms with Gasteiger partial charge in [0.25, 0.3) is 0 Å². The van der Waals surface area contributed by atoms with E-state index in [2.05, 4.69) is 45.7 Å². The van der Waals surface area contributed by atoms with E-state index in [1.165, 1.54) is 32.1 Å². The van der Waals surface area contributed by atoms with Crippen molar-refractivity contribution in [2.75, 3.05) is 13.7 Å². The predicted molar refractivity (Wildman–Crippen MR) is 98.4 cm³/mol. The van der Waals surface area contributed by atoms with Crippen LogP contribution in [-0.4, -0.2) is 46.1 Å². The highest BCUT2D eigenvalue weighted by Crippen LogP contribution is 2.47. The molecule has 0 saturated heterocycles. The monoisotopic (exact) mass is 297 g/mol. The third kappa shape index (κ3) is 2.82. The molecular formula is C18H29B2NO. The Labute approximate surface area is 137 Å². The van der Waals surface area contributed by atoms with Gasteiger partial charge in [0.1, 0.15) is 21.4 Å². The lowest BCUT2D eigenvalue weighted by Gasteiger charge is -2.48. The third-order valence-electron chi connectivity index (χ3n) is 5.95. The molecule has 4 heteroatoms. The van der Waals surface area contributed by atoms with E-state index in [0.29, 0.717) is 5.84 Å². The Bertz CT molecular complexity index is 520. The molecule has 2 aliphatic carbocycles. The topological polar surface area (TPSA) is 12.5 Å². The molecular weight excluding hydrogens is 268 g/mol. The summed E-state index contributed by atoms with van der Waals surface area (Å²) in [6.07, 6.45) is 6.77. The molecule has 0 N–H and O–H groups in total. The van der Waals surface area contributed by atoms with E-state index < -0.39 is 0 Å². The molecule has 22 heavy (non-hydrogen) atoms. The van der Waals surface area contributed by atoms with Crippen molar-refractivity contribution in [3.8, 4) is 5.75 Å². The number of nitrogens with zero attached hydrogens (tertiary/aromatic N) is 1. The lowest BCUT2D eigenvalue weighted by atomic mass is 9.64. The number of likely N-dealkylation sites (N-methyl/N-ethyl adjacent to an activating group) is 1. The Balaban J connectivity index is 1.98. The molecule has 1 fully saturated rings. The van der Waals surface area contributed by atoms with Gasteiger partial charge in [0.2, 0.25) is 0 Å². The first-order valence-electron chi connectivity index (χ1n) is 9.08. The second-order valence-corrected chi connectivity index (χ2v) is 7.32. The summed E-state index contributed by atoms with van der Waals surface area (Å²) in [5.74, 6) is 3.23. The quantitative estimate of drug-likeness (QED) is 0.785. The van der Waals surface area contributed by atoms with Gasteiger partial charge in [-0.3, -0.25) is 0 Å². The predicted octanol–water partition coefficient (Wildman–Crippen LogP) is 1.77. The minimum atomic E-state index is 0.636. The van der Waals surface area contributed by atoms with Crippen molar-refractivity contribution in [1.29, 1.82) is 0 Å². The Hall–Kier alpha value is -0.890. The molecule has 0 aliphatic heterocycles. The summed E-state index contributed by atoms with van der Waals surface area (Å²) in [5, 5.41) is 0. The maximum absolute atomic E-state index is 5.48. The summed E-state index contributed by atoms with van der Waals surface area (Å²) in [5.41, 5.74) is 3.15. The van der Waals surface area contributed by atoms with Gasteiger partial charge in [-0.15, -0.1) is 0 Å². The van der Waals surface area contributed by atoms with E-state index >= 15 is 0 Å². The number of benzene rings is 1. The van der Waals surface area contributed by atoms with Crippen LogP contribution in [0.5, 0.6) is 5.75 Å². The van der Waals surface area contributed by atoms with E-state index in [1.54, 1.807) is 18.2 Å². The average molecular weight is 297 g/mol. The number of methoxy groups -OCH3 is 1. The van der Waals surface area contributed by atoms with E-state index in [0.717, 1.165) is 30.2 Å². The molecule has 0 spiro atoms. The molecule has 0 amide bonds. The van der Waals surface area contributed by atoms with Crippen molar-refractivity contribution in [1.82, 2.24) is 4.90 Å². The molecule has 1 aromatic carbocycles. The van der Waals surface area contributed by atoms with Crippen LogP contribution < -0.4 is 4.74 Å². The Morgan fingerprint density at radius 2 is 2.05 bits per heavy atom. The molecule has 0 aromatic heterocycles. The Morgan fingerprint density at radius 3 is 2.73 bits per heavy atom. The summed E-state index contributed by atoms with van der Waals surface area (Å²) in [7, 11) is 6.49. The van der Waals surface area contributed by atoms with Crippen LogP contribution >= 0.6 is 0 Å². The van der Waals surface area contributed by atoms with Crippen molar-refractivity contribution in [2.45, 2.75) is 56.8 Å². The van der Waals surface area contributed by atoms with Gasteiger partial charge in [0.05, 0.1) is 7.11 Å². The minimum Gasteiger partial charge on any atom is -0.497 e. The van der Waals surface area contributed by atoms with Gasteiger partial charge in [-0.25, -0.2) is 0 Å². The zero-order valence-electron chi connectivity index (χ0n) is 14.6. The van der Waals surface area contributed by atoms with Crippen molar-refractivity contribution in [2.24, 2.45) is 5.92 Å². The number of hydrogen-bond donors (Lipinski definition) is 0. The maximum atomic E-state index is 5.48. The van der Waals surface area contributed by atoms with Crippen molar-refractivity contribution in [3.63, 3.8) is 0 Å². The van der Waals surface area contributed by atoms with Crippen LogP contribution in [0, 0.1) is 5.92 Å². The molecule has 1 saturated carbocycles. The van der Waals surface area contributed by atoms with Gasteiger partial charge >= 0.3 is 0 Å². The lowest BCUT2D eigenvalue weighted by Crippen LogP contribution is -2.52. The fraction of sp³-hybridized carbons (Fsp3) is 0.667.